The van der Waals surface area contributed by atoms with Gasteiger partial charge >= 0.3 is 6.09 Å². The highest BCUT2D eigenvalue weighted by Gasteiger charge is 2.37. The lowest BCUT2D eigenvalue weighted by Gasteiger charge is -2.23. The molecule has 10 heteroatoms. The van der Waals surface area contributed by atoms with Gasteiger partial charge in [0, 0.05) is 6.20 Å². The molecular weight excluding hydrogens is 354 g/mol. The van der Waals surface area contributed by atoms with Crippen molar-refractivity contribution in [2.75, 3.05) is 16.8 Å². The van der Waals surface area contributed by atoms with Crippen LogP contribution in [-0.2, 0) is 4.74 Å². The summed E-state index contributed by atoms with van der Waals surface area (Å²) in [6.07, 6.45) is 3.13. The largest absolute Gasteiger partial charge is 0.447 e. The molecule has 0 spiro atoms. The maximum absolute atomic E-state index is 12.1. The zero-order valence-corrected chi connectivity index (χ0v) is 15.5. The number of hydrogen-bond donors (Lipinski definition) is 1. The summed E-state index contributed by atoms with van der Waals surface area (Å²) in [5, 5.41) is 7.42. The Kier molecular flexibility index (Phi) is 4.19. The third kappa shape index (κ3) is 2.96. The molecule has 3 aromatic rings. The third-order valence-electron chi connectivity index (χ3n) is 4.36. The Labute approximate surface area is 154 Å². The number of amides is 1. The molecule has 0 unspecified atom stereocenters. The van der Waals surface area contributed by atoms with Gasteiger partial charge in [-0.1, -0.05) is 25.2 Å². The Bertz CT molecular complexity index is 909. The highest BCUT2D eigenvalue weighted by atomic mass is 32.1. The van der Waals surface area contributed by atoms with E-state index in [0.717, 1.165) is 10.7 Å². The molecule has 2 atom stereocenters. The minimum atomic E-state index is -0.373. The number of anilines is 2. The zero-order chi connectivity index (χ0) is 18.3. The summed E-state index contributed by atoms with van der Waals surface area (Å²) in [6, 6.07) is 1.58. The summed E-state index contributed by atoms with van der Waals surface area (Å²) in [5.41, 5.74) is 2.59. The Morgan fingerprint density at radius 2 is 2.19 bits per heavy atom. The molecule has 4 rings (SSSR count). The molecule has 9 nitrogen and oxygen atoms in total. The first-order valence-electron chi connectivity index (χ1n) is 8.37. The maximum Gasteiger partial charge on any atom is 0.415 e. The standard InChI is InChI=1S/C16H19N7O2S/c1-9(2)12-7-25-16(24)23(12)13-4-5-17-14(21-13)19-10(3)11-6-22-15(20-11)26-8-18-22/h4-6,8-10,12H,7H2,1-3H3,(H,17,19,21)/t10-,12-/m1/s1. The number of imidazole rings is 1. The van der Waals surface area contributed by atoms with Crippen LogP contribution in [0.3, 0.4) is 0 Å². The van der Waals surface area contributed by atoms with E-state index in [1.54, 1.807) is 27.2 Å². The van der Waals surface area contributed by atoms with Gasteiger partial charge in [-0.2, -0.15) is 10.1 Å². The molecule has 1 N–H and O–H groups in total. The van der Waals surface area contributed by atoms with E-state index >= 15 is 0 Å². The van der Waals surface area contributed by atoms with Crippen LogP contribution in [-0.4, -0.2) is 43.3 Å². The quantitative estimate of drug-likeness (QED) is 0.734. The van der Waals surface area contributed by atoms with Gasteiger partial charge in [-0.3, -0.25) is 4.90 Å². The SMILES string of the molecule is CC(C)[C@H]1COC(=O)N1c1ccnc(N[C@H](C)c2cn3ncsc3n2)n1. The van der Waals surface area contributed by atoms with Gasteiger partial charge in [-0.05, 0) is 18.9 Å². The molecule has 1 amide bonds. The number of ether oxygens (including phenoxy) is 1. The van der Waals surface area contributed by atoms with Gasteiger partial charge in [0.05, 0.1) is 24.0 Å². The second-order valence-electron chi connectivity index (χ2n) is 6.49. The Morgan fingerprint density at radius 3 is 2.96 bits per heavy atom. The van der Waals surface area contributed by atoms with Crippen LogP contribution in [0.25, 0.3) is 4.96 Å². The second kappa shape index (κ2) is 6.52. The molecule has 0 aliphatic carbocycles. The van der Waals surface area contributed by atoms with E-state index in [1.807, 2.05) is 13.1 Å². The number of carbonyl (C=O) groups is 1. The first-order valence-corrected chi connectivity index (χ1v) is 9.25. The number of fused-ring (bicyclic) bond motifs is 1. The van der Waals surface area contributed by atoms with Crippen LogP contribution in [0.4, 0.5) is 16.6 Å². The molecule has 26 heavy (non-hydrogen) atoms. The van der Waals surface area contributed by atoms with Gasteiger partial charge in [0.15, 0.2) is 0 Å². The van der Waals surface area contributed by atoms with Crippen molar-refractivity contribution < 1.29 is 9.53 Å². The number of cyclic esters (lactones) is 1. The van der Waals surface area contributed by atoms with Gasteiger partial charge in [0.2, 0.25) is 10.9 Å². The van der Waals surface area contributed by atoms with Crippen molar-refractivity contribution in [1.82, 2.24) is 24.6 Å². The molecule has 0 radical (unpaired) electrons. The maximum atomic E-state index is 12.1. The summed E-state index contributed by atoms with van der Waals surface area (Å²) in [7, 11) is 0. The number of nitrogens with one attached hydrogen (secondary N) is 1. The Hall–Kier alpha value is -2.75. The van der Waals surface area contributed by atoms with Crippen LogP contribution in [0.2, 0.25) is 0 Å². The number of carbonyl (C=O) groups excluding carboxylic acids is 1. The minimum absolute atomic E-state index is 0.0336. The van der Waals surface area contributed by atoms with Gasteiger partial charge in [-0.15, -0.1) is 0 Å². The van der Waals surface area contributed by atoms with E-state index in [0.29, 0.717) is 18.4 Å². The number of aromatic nitrogens is 5. The van der Waals surface area contributed by atoms with Crippen molar-refractivity contribution >= 4 is 34.2 Å². The first kappa shape index (κ1) is 16.7. The van der Waals surface area contributed by atoms with Gasteiger partial charge < -0.3 is 10.1 Å². The smallest absolute Gasteiger partial charge is 0.415 e. The van der Waals surface area contributed by atoms with Gasteiger partial charge in [0.1, 0.15) is 17.9 Å². The van der Waals surface area contributed by atoms with Crippen LogP contribution in [0, 0.1) is 5.92 Å². The van der Waals surface area contributed by atoms with Crippen molar-refractivity contribution in [3.05, 3.63) is 29.7 Å². The molecule has 4 heterocycles. The highest BCUT2D eigenvalue weighted by molar-refractivity contribution is 7.14. The monoisotopic (exact) mass is 373 g/mol. The highest BCUT2D eigenvalue weighted by Crippen LogP contribution is 2.26. The molecule has 1 saturated heterocycles. The summed E-state index contributed by atoms with van der Waals surface area (Å²) >= 11 is 1.48. The summed E-state index contributed by atoms with van der Waals surface area (Å²) in [5.74, 6) is 1.22. The minimum Gasteiger partial charge on any atom is -0.447 e. The van der Waals surface area contributed by atoms with E-state index in [1.165, 1.54) is 11.3 Å². The van der Waals surface area contributed by atoms with Crippen LogP contribution in [0.1, 0.15) is 32.5 Å². The zero-order valence-electron chi connectivity index (χ0n) is 14.7. The van der Waals surface area contributed by atoms with Crippen LogP contribution < -0.4 is 10.2 Å². The van der Waals surface area contributed by atoms with Gasteiger partial charge in [-0.25, -0.2) is 19.3 Å². The predicted octanol–water partition coefficient (Wildman–Crippen LogP) is 2.74. The fourth-order valence-electron chi connectivity index (χ4n) is 2.87. The van der Waals surface area contributed by atoms with E-state index in [2.05, 4.69) is 39.2 Å². The summed E-state index contributed by atoms with van der Waals surface area (Å²) in [4.78, 5) is 27.8. The van der Waals surface area contributed by atoms with E-state index in [4.69, 9.17) is 4.74 Å². The first-order chi connectivity index (χ1) is 12.5. The van der Waals surface area contributed by atoms with E-state index < -0.39 is 0 Å². The van der Waals surface area contributed by atoms with Crippen LogP contribution in [0.5, 0.6) is 0 Å². The number of hydrogen-bond acceptors (Lipinski definition) is 8. The van der Waals surface area contributed by atoms with E-state index in [9.17, 15) is 4.79 Å². The van der Waals surface area contributed by atoms with Crippen LogP contribution in [0.15, 0.2) is 24.0 Å². The van der Waals surface area contributed by atoms with E-state index in [-0.39, 0.29) is 24.1 Å². The van der Waals surface area contributed by atoms with Crippen molar-refractivity contribution in [3.63, 3.8) is 0 Å². The molecule has 136 valence electrons. The predicted molar refractivity (Wildman–Crippen MR) is 97.4 cm³/mol. The summed E-state index contributed by atoms with van der Waals surface area (Å²) < 4.78 is 6.94. The Balaban J connectivity index is 1.55. The molecule has 1 fully saturated rings. The lowest BCUT2D eigenvalue weighted by Crippen LogP contribution is -2.37. The third-order valence-corrected chi connectivity index (χ3v) is 5.05. The molecule has 3 aromatic heterocycles. The van der Waals surface area contributed by atoms with Gasteiger partial charge in [0.25, 0.3) is 0 Å². The van der Waals surface area contributed by atoms with Crippen molar-refractivity contribution in [1.29, 1.82) is 0 Å². The molecule has 0 saturated carbocycles. The van der Waals surface area contributed by atoms with Crippen molar-refractivity contribution in [2.24, 2.45) is 5.92 Å². The lowest BCUT2D eigenvalue weighted by atomic mass is 10.0. The van der Waals surface area contributed by atoms with Crippen molar-refractivity contribution in [3.8, 4) is 0 Å². The molecule has 1 aliphatic rings. The average molecular weight is 373 g/mol. The second-order valence-corrected chi connectivity index (χ2v) is 7.31. The normalized spacial score (nSPS) is 18.5. The average Bonchev–Trinajstić information content (AvgIpc) is 3.28. The summed E-state index contributed by atoms with van der Waals surface area (Å²) in [6.45, 7) is 6.46. The lowest BCUT2D eigenvalue weighted by molar-refractivity contribution is 0.177. The number of rotatable bonds is 5. The fourth-order valence-corrected chi connectivity index (χ4v) is 3.48. The fraction of sp³-hybridized carbons (Fsp3) is 0.438. The van der Waals surface area contributed by atoms with Crippen molar-refractivity contribution in [2.45, 2.75) is 32.9 Å². The molecule has 1 aliphatic heterocycles. The Morgan fingerprint density at radius 1 is 1.35 bits per heavy atom. The molecular formula is C16H19N7O2S. The molecule has 0 bridgehead atoms. The number of nitrogens with zero attached hydrogens (tertiary/aromatic N) is 6. The topological polar surface area (TPSA) is 97.5 Å². The molecule has 0 aromatic carbocycles. The van der Waals surface area contributed by atoms with Crippen LogP contribution >= 0.6 is 11.3 Å².